The smallest absolute Gasteiger partial charge is 0.192 e. The summed E-state index contributed by atoms with van der Waals surface area (Å²) < 4.78 is 2.11. The molecule has 146 valence electrons. The summed E-state index contributed by atoms with van der Waals surface area (Å²) in [6.07, 6.45) is 1.88. The average molecular weight is 413 g/mol. The van der Waals surface area contributed by atoms with E-state index >= 15 is 0 Å². The molecule has 6 heteroatoms. The van der Waals surface area contributed by atoms with Crippen molar-refractivity contribution < 1.29 is 0 Å². The first-order valence-electron chi connectivity index (χ1n) is 9.43. The van der Waals surface area contributed by atoms with Crippen LogP contribution < -0.4 is 4.90 Å². The molecule has 0 N–H and O–H groups in total. The molecule has 0 radical (unpaired) electrons. The third kappa shape index (κ3) is 4.78. The second kappa shape index (κ2) is 9.80. The molecule has 0 unspecified atom stereocenters. The topological polar surface area (TPSA) is 34.0 Å². The molecule has 0 saturated heterocycles. The monoisotopic (exact) mass is 412 g/mol. The summed E-state index contributed by atoms with van der Waals surface area (Å²) in [6, 6.07) is 16.4. The lowest BCUT2D eigenvalue weighted by molar-refractivity contribution is 0.731. The Bertz CT molecular complexity index is 917. The highest BCUT2D eigenvalue weighted by atomic mass is 35.5. The van der Waals surface area contributed by atoms with Crippen molar-refractivity contribution in [3.05, 3.63) is 71.8 Å². The second-order valence-corrected chi connectivity index (χ2v) is 7.72. The largest absolute Gasteiger partial charge is 0.372 e. The maximum absolute atomic E-state index is 6.09. The van der Waals surface area contributed by atoms with Gasteiger partial charge in [0.2, 0.25) is 0 Å². The van der Waals surface area contributed by atoms with E-state index in [1.165, 1.54) is 5.69 Å². The van der Waals surface area contributed by atoms with Gasteiger partial charge in [0.1, 0.15) is 0 Å². The minimum Gasteiger partial charge on any atom is -0.372 e. The Kier molecular flexibility index (Phi) is 7.18. The van der Waals surface area contributed by atoms with Gasteiger partial charge < -0.3 is 4.90 Å². The standard InChI is InChI=1S/C22H25ClN4S/c1-4-14-27-21(18-10-12-20(13-11-18)26(5-2)6-3)24-25-22(27)28-16-17-8-7-9-19(23)15-17/h4,7-13,15H,1,5-6,14,16H2,2-3H3. The van der Waals surface area contributed by atoms with E-state index in [0.717, 1.165) is 46.0 Å². The van der Waals surface area contributed by atoms with E-state index in [0.29, 0.717) is 6.54 Å². The number of hydrogen-bond donors (Lipinski definition) is 0. The molecular weight excluding hydrogens is 388 g/mol. The lowest BCUT2D eigenvalue weighted by Gasteiger charge is -2.21. The van der Waals surface area contributed by atoms with Crippen LogP contribution in [-0.4, -0.2) is 27.9 Å². The Balaban J connectivity index is 1.83. The summed E-state index contributed by atoms with van der Waals surface area (Å²) >= 11 is 7.74. The molecule has 0 atom stereocenters. The van der Waals surface area contributed by atoms with Crippen molar-refractivity contribution in [2.24, 2.45) is 0 Å². The second-order valence-electron chi connectivity index (χ2n) is 6.34. The van der Waals surface area contributed by atoms with Crippen molar-refractivity contribution >= 4 is 29.1 Å². The first-order chi connectivity index (χ1) is 13.7. The molecule has 3 aromatic rings. The number of nitrogens with zero attached hydrogens (tertiary/aromatic N) is 4. The minimum atomic E-state index is 0.665. The highest BCUT2D eigenvalue weighted by molar-refractivity contribution is 7.98. The Morgan fingerprint density at radius 3 is 2.50 bits per heavy atom. The Labute approximate surface area is 176 Å². The van der Waals surface area contributed by atoms with Crippen LogP contribution in [0.15, 0.2) is 66.3 Å². The van der Waals surface area contributed by atoms with Gasteiger partial charge in [0, 0.05) is 41.7 Å². The maximum atomic E-state index is 6.09. The van der Waals surface area contributed by atoms with Crippen molar-refractivity contribution in [1.29, 1.82) is 0 Å². The van der Waals surface area contributed by atoms with Crippen LogP contribution in [-0.2, 0) is 12.3 Å². The lowest BCUT2D eigenvalue weighted by Crippen LogP contribution is -2.21. The number of anilines is 1. The Morgan fingerprint density at radius 2 is 1.86 bits per heavy atom. The van der Waals surface area contributed by atoms with Crippen LogP contribution >= 0.6 is 23.4 Å². The van der Waals surface area contributed by atoms with Crippen LogP contribution in [0.3, 0.4) is 0 Å². The van der Waals surface area contributed by atoms with Crippen molar-refractivity contribution in [1.82, 2.24) is 14.8 Å². The first-order valence-corrected chi connectivity index (χ1v) is 10.8. The first kappa shape index (κ1) is 20.5. The summed E-state index contributed by atoms with van der Waals surface area (Å²) in [7, 11) is 0. The van der Waals surface area contributed by atoms with Crippen LogP contribution in [0.25, 0.3) is 11.4 Å². The van der Waals surface area contributed by atoms with Crippen LogP contribution in [0, 0.1) is 0 Å². The molecule has 4 nitrogen and oxygen atoms in total. The fourth-order valence-electron chi connectivity index (χ4n) is 3.09. The number of benzene rings is 2. The van der Waals surface area contributed by atoms with Crippen molar-refractivity contribution in [3.63, 3.8) is 0 Å². The fraction of sp³-hybridized carbons (Fsp3) is 0.273. The molecule has 0 fully saturated rings. The predicted molar refractivity (Wildman–Crippen MR) is 120 cm³/mol. The van der Waals surface area contributed by atoms with E-state index in [-0.39, 0.29) is 0 Å². The molecule has 1 heterocycles. The van der Waals surface area contributed by atoms with E-state index in [9.17, 15) is 0 Å². The summed E-state index contributed by atoms with van der Waals surface area (Å²) in [6.45, 7) is 10.9. The van der Waals surface area contributed by atoms with Crippen molar-refractivity contribution in [3.8, 4) is 11.4 Å². The molecule has 0 aliphatic carbocycles. The normalized spacial score (nSPS) is 10.8. The van der Waals surface area contributed by atoms with E-state index in [2.05, 4.69) is 70.4 Å². The van der Waals surface area contributed by atoms with Gasteiger partial charge in [-0.25, -0.2) is 0 Å². The van der Waals surface area contributed by atoms with E-state index < -0.39 is 0 Å². The van der Waals surface area contributed by atoms with Gasteiger partial charge >= 0.3 is 0 Å². The van der Waals surface area contributed by atoms with Crippen LogP contribution in [0.1, 0.15) is 19.4 Å². The molecule has 2 aromatic carbocycles. The van der Waals surface area contributed by atoms with Crippen LogP contribution in [0.5, 0.6) is 0 Å². The van der Waals surface area contributed by atoms with Gasteiger partial charge in [0.05, 0.1) is 0 Å². The van der Waals surface area contributed by atoms with E-state index in [4.69, 9.17) is 11.6 Å². The third-order valence-corrected chi connectivity index (χ3v) is 5.81. The molecule has 0 amide bonds. The van der Waals surface area contributed by atoms with Gasteiger partial charge in [0.25, 0.3) is 0 Å². The minimum absolute atomic E-state index is 0.665. The number of allylic oxidation sites excluding steroid dienone is 1. The highest BCUT2D eigenvalue weighted by Gasteiger charge is 2.14. The van der Waals surface area contributed by atoms with Crippen molar-refractivity contribution in [2.45, 2.75) is 31.3 Å². The number of halogens is 1. The fourth-order valence-corrected chi connectivity index (χ4v) is 4.19. The van der Waals surface area contributed by atoms with E-state index in [1.54, 1.807) is 11.8 Å². The van der Waals surface area contributed by atoms with E-state index in [1.807, 2.05) is 24.3 Å². The summed E-state index contributed by atoms with van der Waals surface area (Å²) in [5.41, 5.74) is 3.44. The Morgan fingerprint density at radius 1 is 1.11 bits per heavy atom. The average Bonchev–Trinajstić information content (AvgIpc) is 3.11. The summed E-state index contributed by atoms with van der Waals surface area (Å²) in [5.74, 6) is 1.65. The van der Waals surface area contributed by atoms with Crippen molar-refractivity contribution in [2.75, 3.05) is 18.0 Å². The van der Waals surface area contributed by atoms with Gasteiger partial charge in [-0.3, -0.25) is 4.57 Å². The molecule has 0 aliphatic heterocycles. The SMILES string of the molecule is C=CCn1c(SCc2cccc(Cl)c2)nnc1-c1ccc(N(CC)CC)cc1. The maximum Gasteiger partial charge on any atom is 0.192 e. The number of thioether (sulfide) groups is 1. The zero-order valence-corrected chi connectivity index (χ0v) is 17.9. The van der Waals surface area contributed by atoms with Gasteiger partial charge in [-0.1, -0.05) is 41.6 Å². The molecular formula is C22H25ClN4S. The quantitative estimate of drug-likeness (QED) is 0.322. The van der Waals surface area contributed by atoms with Gasteiger partial charge in [-0.2, -0.15) is 0 Å². The highest BCUT2D eigenvalue weighted by Crippen LogP contribution is 2.28. The summed E-state index contributed by atoms with van der Waals surface area (Å²) in [4.78, 5) is 2.32. The van der Waals surface area contributed by atoms with Crippen LogP contribution in [0.2, 0.25) is 5.02 Å². The van der Waals surface area contributed by atoms with Gasteiger partial charge in [-0.05, 0) is 55.8 Å². The molecule has 0 aliphatic rings. The number of aromatic nitrogens is 3. The van der Waals surface area contributed by atoms with Gasteiger partial charge in [0.15, 0.2) is 11.0 Å². The predicted octanol–water partition coefficient (Wildman–Crippen LogP) is 5.92. The molecule has 3 rings (SSSR count). The van der Waals surface area contributed by atoms with Gasteiger partial charge in [-0.15, -0.1) is 16.8 Å². The number of rotatable bonds is 9. The number of hydrogen-bond acceptors (Lipinski definition) is 4. The summed E-state index contributed by atoms with van der Waals surface area (Å²) in [5, 5.41) is 10.5. The third-order valence-electron chi connectivity index (χ3n) is 4.54. The zero-order valence-electron chi connectivity index (χ0n) is 16.3. The Hall–Kier alpha value is -2.24. The molecule has 1 aromatic heterocycles. The molecule has 28 heavy (non-hydrogen) atoms. The molecule has 0 spiro atoms. The zero-order chi connectivity index (χ0) is 19.9. The lowest BCUT2D eigenvalue weighted by atomic mass is 10.2. The molecule has 0 saturated carbocycles. The molecule has 0 bridgehead atoms. The van der Waals surface area contributed by atoms with Crippen LogP contribution in [0.4, 0.5) is 5.69 Å².